The largest absolute Gasteiger partial charge is 0.507 e. The van der Waals surface area contributed by atoms with E-state index in [1.807, 2.05) is 167 Å². The van der Waals surface area contributed by atoms with Gasteiger partial charge in [-0.3, -0.25) is 24.3 Å². The molecule has 1 unspecified atom stereocenters. The minimum atomic E-state index is -3.73. The number of hydrogen-bond donors (Lipinski definition) is 8. The quantitative estimate of drug-likeness (QED) is 0.0160. The lowest BCUT2D eigenvalue weighted by Crippen LogP contribution is -2.37. The maximum Gasteiger partial charge on any atom is 0.265 e. The first-order valence-electron chi connectivity index (χ1n) is 38.8. The van der Waals surface area contributed by atoms with Gasteiger partial charge in [-0.1, -0.05) is 169 Å². The third kappa shape index (κ3) is 23.5. The zero-order chi connectivity index (χ0) is 81.3. The number of anilines is 4. The molecule has 6 heterocycles. The van der Waals surface area contributed by atoms with Crippen LogP contribution in [0, 0.1) is 54.4 Å². The van der Waals surface area contributed by atoms with Gasteiger partial charge in [0.05, 0.1) is 46.2 Å². The van der Waals surface area contributed by atoms with Gasteiger partial charge in [-0.15, -0.1) is 0 Å². The van der Waals surface area contributed by atoms with Crippen LogP contribution in [0.2, 0.25) is 0 Å². The van der Waals surface area contributed by atoms with Crippen molar-refractivity contribution in [1.82, 2.24) is 54.8 Å². The third-order valence-corrected chi connectivity index (χ3v) is 20.4. The summed E-state index contributed by atoms with van der Waals surface area (Å²) in [4.78, 5) is 71.5. The van der Waals surface area contributed by atoms with Gasteiger partial charge in [-0.2, -0.15) is 0 Å². The lowest BCUT2D eigenvalue weighted by Gasteiger charge is -2.23. The number of hydrogen-bond acceptors (Lipinski definition) is 15. The third-order valence-electron chi connectivity index (χ3n) is 19.0. The van der Waals surface area contributed by atoms with Crippen molar-refractivity contribution < 1.29 is 32.6 Å². The number of aryl methyl sites for hydroxylation is 7. The Labute approximate surface area is 669 Å². The standard InChI is InChI=1S/C33H42N4O3S.C31H34N4O4.C16H17N5.C11H12N2/c1-3-4-5-6-7-8-9-10-11-14-25-40-29-20-22-30(23-21-29)41(38,39)37-28-18-16-27(17-19-28)32-26(2)35-33(36-32)31-15-12-13-24-34-31;1-17(2)29(39-27-14-11-18(3)15-19(27)4)31(38)34-25-10-8-7-9-23(25)30-32-20(5)28(35-30)24-16-22(33-21(6)36)12-13-26(24)37;1-11-15(12-4-6-13(7-5-12)21(2)3)20-16(19-11)14-10-17-8-9-18-14;1-8-9(2)13-11(12-8)10-6-4-3-5-7-10/h12-13,15-24,37H,3-11,14,25H2,1-2H3,(H,35,36);7-17,29,37H,1-6H3,(H,32,35)(H,33,36)(H,34,38);4-10H,1-3H3,(H,19,20);3-7H,1-2H3,(H,12,13). The van der Waals surface area contributed by atoms with Crippen LogP contribution < -0.4 is 29.7 Å². The Kier molecular flexibility index (Phi) is 29.9. The van der Waals surface area contributed by atoms with Gasteiger partial charge < -0.3 is 50.0 Å². The fraction of sp³-hybridized carbons (Fsp3) is 0.286. The SMILES string of the molecule is CC(=O)Nc1ccc(O)c(-c2nc(-c3ccccc3NC(=O)C(Oc3ccc(C)cc3C)C(C)C)[nH]c2C)c1.CCCCCCCCCCCCOc1ccc(S(=O)(=O)Nc2ccc(-c3nc(-c4ccccn4)[nH]c3C)cc2)cc1.Cc1[nH]c(-c2cnccn2)nc1-c1ccc(N(C)C)cc1.Cc1nc(-c2ccccc2)[nH]c1C. The molecule has 0 bridgehead atoms. The molecule has 0 fully saturated rings. The molecular weight excluding hydrogens is 1450 g/mol. The second kappa shape index (κ2) is 40.6. The van der Waals surface area contributed by atoms with Crippen molar-refractivity contribution in [3.8, 4) is 96.8 Å². The van der Waals surface area contributed by atoms with Crippen LogP contribution in [0.5, 0.6) is 17.2 Å². The summed E-state index contributed by atoms with van der Waals surface area (Å²) in [7, 11) is 0.329. The smallest absolute Gasteiger partial charge is 0.265 e. The highest BCUT2D eigenvalue weighted by molar-refractivity contribution is 7.92. The van der Waals surface area contributed by atoms with Crippen molar-refractivity contribution in [2.24, 2.45) is 5.92 Å². The molecule has 22 nitrogen and oxygen atoms in total. The Balaban J connectivity index is 0.000000173. The second-order valence-corrected chi connectivity index (χ2v) is 30.5. The molecule has 0 aliphatic rings. The summed E-state index contributed by atoms with van der Waals surface area (Å²) in [6.45, 7) is 22.1. The van der Waals surface area contributed by atoms with Crippen LogP contribution in [-0.4, -0.2) is 107 Å². The predicted molar refractivity (Wildman–Crippen MR) is 458 cm³/mol. The van der Waals surface area contributed by atoms with Crippen LogP contribution in [0.25, 0.3) is 79.6 Å². The molecule has 592 valence electrons. The number of benzene rings is 7. The highest BCUT2D eigenvalue weighted by Gasteiger charge is 2.27. The van der Waals surface area contributed by atoms with Crippen LogP contribution in [0.3, 0.4) is 0 Å². The Bertz CT molecular complexity index is 5340. The Morgan fingerprint density at radius 2 is 1.11 bits per heavy atom. The van der Waals surface area contributed by atoms with Crippen molar-refractivity contribution >= 4 is 44.6 Å². The monoisotopic (exact) mass is 1550 g/mol. The number of aromatic nitrogens is 11. The van der Waals surface area contributed by atoms with Crippen molar-refractivity contribution in [3.05, 3.63) is 246 Å². The number of imidazole rings is 4. The van der Waals surface area contributed by atoms with E-state index in [0.29, 0.717) is 63.6 Å². The number of aromatic hydroxyl groups is 1. The lowest BCUT2D eigenvalue weighted by atomic mass is 10.1. The number of pyridine rings is 1. The normalized spacial score (nSPS) is 11.3. The van der Waals surface area contributed by atoms with Crippen LogP contribution in [-0.2, 0) is 19.6 Å². The lowest BCUT2D eigenvalue weighted by molar-refractivity contribution is -0.124. The summed E-state index contributed by atoms with van der Waals surface area (Å²) in [5, 5.41) is 16.3. The van der Waals surface area contributed by atoms with Crippen LogP contribution in [0.4, 0.5) is 22.7 Å². The van der Waals surface area contributed by atoms with Gasteiger partial charge in [0.25, 0.3) is 15.9 Å². The molecule has 1 atom stereocenters. The molecule has 0 aliphatic heterocycles. The van der Waals surface area contributed by atoms with E-state index in [-0.39, 0.29) is 28.4 Å². The Morgan fingerprint density at radius 1 is 0.526 bits per heavy atom. The average Bonchev–Trinajstić information content (AvgIpc) is 1.61. The number of carbonyl (C=O) groups excluding carboxylic acids is 2. The molecule has 13 aromatic rings. The van der Waals surface area contributed by atoms with Gasteiger partial charge in [0.15, 0.2) is 17.8 Å². The zero-order valence-corrected chi connectivity index (χ0v) is 68.3. The molecule has 13 rings (SSSR count). The van der Waals surface area contributed by atoms with Gasteiger partial charge >= 0.3 is 0 Å². The minimum Gasteiger partial charge on any atom is -0.507 e. The number of phenols is 1. The number of sulfonamides is 1. The first-order chi connectivity index (χ1) is 54.9. The van der Waals surface area contributed by atoms with Gasteiger partial charge in [0, 0.05) is 107 Å². The second-order valence-electron chi connectivity index (χ2n) is 28.8. The van der Waals surface area contributed by atoms with Gasteiger partial charge in [-0.05, 0) is 163 Å². The van der Waals surface area contributed by atoms with Crippen LogP contribution >= 0.6 is 0 Å². The first-order valence-corrected chi connectivity index (χ1v) is 40.2. The number of aromatic amines is 4. The number of para-hydroxylation sites is 1. The number of nitrogens with zero attached hydrogens (tertiary/aromatic N) is 8. The number of amides is 2. The van der Waals surface area contributed by atoms with E-state index in [4.69, 9.17) is 19.4 Å². The molecule has 23 heteroatoms. The molecule has 0 saturated heterocycles. The molecular formula is C91H105N15O7S. The fourth-order valence-corrected chi connectivity index (χ4v) is 13.7. The predicted octanol–water partition coefficient (Wildman–Crippen LogP) is 20.5. The summed E-state index contributed by atoms with van der Waals surface area (Å²) >= 11 is 0. The Morgan fingerprint density at radius 3 is 1.70 bits per heavy atom. The molecule has 0 spiro atoms. The molecule has 0 saturated carbocycles. The number of phenolic OH excluding ortho intramolecular Hbond substituents is 1. The number of rotatable bonds is 29. The fourth-order valence-electron chi connectivity index (χ4n) is 12.7. The molecule has 2 amide bonds. The number of carbonyl (C=O) groups is 2. The topological polar surface area (TPSA) is 300 Å². The van der Waals surface area contributed by atoms with E-state index >= 15 is 0 Å². The summed E-state index contributed by atoms with van der Waals surface area (Å²) < 4.78 is 40.6. The van der Waals surface area contributed by atoms with E-state index < -0.39 is 16.1 Å². The van der Waals surface area contributed by atoms with Gasteiger partial charge in [0.1, 0.15) is 40.3 Å². The molecule has 6 aromatic heterocycles. The summed E-state index contributed by atoms with van der Waals surface area (Å²) in [5.74, 6) is 3.77. The van der Waals surface area contributed by atoms with Crippen molar-refractivity contribution in [3.63, 3.8) is 0 Å². The van der Waals surface area contributed by atoms with Crippen LogP contribution in [0.15, 0.2) is 212 Å². The van der Waals surface area contributed by atoms with E-state index in [1.54, 1.807) is 73.3 Å². The zero-order valence-electron chi connectivity index (χ0n) is 67.4. The van der Waals surface area contributed by atoms with Crippen molar-refractivity contribution in [1.29, 1.82) is 0 Å². The molecule has 8 N–H and O–H groups in total. The molecule has 0 aliphatic carbocycles. The van der Waals surface area contributed by atoms with Crippen LogP contribution in [0.1, 0.15) is 131 Å². The van der Waals surface area contributed by atoms with Crippen molar-refractivity contribution in [2.45, 2.75) is 151 Å². The van der Waals surface area contributed by atoms with Gasteiger partial charge in [0.2, 0.25) is 5.91 Å². The Hall–Kier alpha value is -12.5. The van der Waals surface area contributed by atoms with E-state index in [1.165, 1.54) is 70.0 Å². The highest BCUT2D eigenvalue weighted by atomic mass is 32.2. The van der Waals surface area contributed by atoms with E-state index in [0.717, 1.165) is 104 Å². The highest BCUT2D eigenvalue weighted by Crippen LogP contribution is 2.37. The average molecular weight is 1550 g/mol. The summed E-state index contributed by atoms with van der Waals surface area (Å²) in [6.07, 6.45) is 18.8. The summed E-state index contributed by atoms with van der Waals surface area (Å²) in [6, 6.07) is 56.0. The van der Waals surface area contributed by atoms with E-state index in [9.17, 15) is 23.1 Å². The maximum atomic E-state index is 13.4. The van der Waals surface area contributed by atoms with Crippen molar-refractivity contribution in [2.75, 3.05) is 41.0 Å². The number of unbranched alkanes of at least 4 members (excludes halogenated alkanes) is 9. The molecule has 7 aromatic carbocycles. The first kappa shape index (κ1) is 84.0. The number of nitrogens with one attached hydrogen (secondary N) is 7. The summed E-state index contributed by atoms with van der Waals surface area (Å²) in [5.41, 5.74) is 17.8. The number of ether oxygens (including phenoxy) is 2. The molecule has 0 radical (unpaired) electrons. The molecule has 114 heavy (non-hydrogen) atoms. The van der Waals surface area contributed by atoms with Gasteiger partial charge in [-0.25, -0.2) is 33.3 Å². The number of H-pyrrole nitrogens is 4. The minimum absolute atomic E-state index is 0.0372. The maximum absolute atomic E-state index is 13.4. The van der Waals surface area contributed by atoms with E-state index in [2.05, 4.69) is 108 Å².